The van der Waals surface area contributed by atoms with Gasteiger partial charge in [0.05, 0.1) is 6.61 Å². The minimum atomic E-state index is -0.604. The Kier molecular flexibility index (Phi) is 12.8. The van der Waals surface area contributed by atoms with Gasteiger partial charge in [0.2, 0.25) is 0 Å². The van der Waals surface area contributed by atoms with Crippen molar-refractivity contribution < 1.29 is 28.5 Å². The lowest BCUT2D eigenvalue weighted by Gasteiger charge is -2.29. The number of rotatable bonds is 12. The third kappa shape index (κ3) is 12.2. The zero-order valence-corrected chi connectivity index (χ0v) is 19.8. The molecule has 0 spiro atoms. The molecule has 0 bridgehead atoms. The molecule has 0 amide bonds. The van der Waals surface area contributed by atoms with Gasteiger partial charge in [0.15, 0.2) is 0 Å². The maximum atomic E-state index is 12.0. The molecule has 2 atom stereocenters. The molecule has 2 rings (SSSR count). The van der Waals surface area contributed by atoms with Crippen LogP contribution in [0.15, 0.2) is 0 Å². The molecule has 2 fully saturated rings. The van der Waals surface area contributed by atoms with Crippen LogP contribution in [-0.4, -0.2) is 37.2 Å². The molecule has 0 saturated heterocycles. The molecule has 0 aromatic heterocycles. The van der Waals surface area contributed by atoms with Crippen molar-refractivity contribution in [3.63, 3.8) is 0 Å². The Hall–Kier alpha value is -1.46. The van der Waals surface area contributed by atoms with Crippen LogP contribution in [-0.2, 0) is 18.9 Å². The van der Waals surface area contributed by atoms with Crippen LogP contribution in [0.3, 0.4) is 0 Å². The average molecular weight is 441 g/mol. The van der Waals surface area contributed by atoms with Crippen molar-refractivity contribution in [3.8, 4) is 0 Å². The SMILES string of the molecule is CC(C)CCCCCCCCOC(=O)OC1CCCC(OC(=O)OC2CCCCC2)C1. The van der Waals surface area contributed by atoms with Crippen molar-refractivity contribution in [2.24, 2.45) is 5.92 Å². The number of carbonyl (C=O) groups excluding carboxylic acids is 2. The first-order valence-electron chi connectivity index (χ1n) is 12.7. The van der Waals surface area contributed by atoms with E-state index < -0.39 is 12.3 Å². The van der Waals surface area contributed by atoms with Gasteiger partial charge < -0.3 is 18.9 Å². The highest BCUT2D eigenvalue weighted by atomic mass is 16.7. The fourth-order valence-corrected chi connectivity index (χ4v) is 4.49. The van der Waals surface area contributed by atoms with Crippen LogP contribution in [0.4, 0.5) is 9.59 Å². The third-order valence-electron chi connectivity index (χ3n) is 6.31. The molecule has 6 nitrogen and oxygen atoms in total. The molecule has 2 saturated carbocycles. The van der Waals surface area contributed by atoms with Crippen LogP contribution in [0.1, 0.15) is 117 Å². The lowest BCUT2D eigenvalue weighted by Crippen LogP contribution is -2.33. The third-order valence-corrected chi connectivity index (χ3v) is 6.31. The summed E-state index contributed by atoms with van der Waals surface area (Å²) in [6, 6.07) is 0. The van der Waals surface area contributed by atoms with Gasteiger partial charge in [-0.3, -0.25) is 0 Å². The zero-order valence-electron chi connectivity index (χ0n) is 19.8. The van der Waals surface area contributed by atoms with Gasteiger partial charge in [0.1, 0.15) is 18.3 Å². The van der Waals surface area contributed by atoms with Gasteiger partial charge in [0, 0.05) is 6.42 Å². The molecular formula is C25H44O6. The van der Waals surface area contributed by atoms with Gasteiger partial charge in [0.25, 0.3) is 0 Å². The second-order valence-electron chi connectivity index (χ2n) is 9.68. The number of unbranched alkanes of at least 4 members (excludes halogenated alkanes) is 5. The van der Waals surface area contributed by atoms with Crippen molar-refractivity contribution >= 4 is 12.3 Å². The second-order valence-corrected chi connectivity index (χ2v) is 9.68. The van der Waals surface area contributed by atoms with E-state index in [9.17, 15) is 9.59 Å². The van der Waals surface area contributed by atoms with E-state index in [1.165, 1.54) is 38.5 Å². The predicted octanol–water partition coefficient (Wildman–Crippen LogP) is 7.32. The van der Waals surface area contributed by atoms with E-state index in [1.807, 2.05) is 0 Å². The maximum Gasteiger partial charge on any atom is 0.508 e. The van der Waals surface area contributed by atoms with Gasteiger partial charge >= 0.3 is 12.3 Å². The number of carbonyl (C=O) groups is 2. The Labute approximate surface area is 188 Å². The second kappa shape index (κ2) is 15.4. The number of hydrogen-bond donors (Lipinski definition) is 0. The van der Waals surface area contributed by atoms with E-state index in [4.69, 9.17) is 18.9 Å². The van der Waals surface area contributed by atoms with Crippen LogP contribution < -0.4 is 0 Å². The first-order valence-corrected chi connectivity index (χ1v) is 12.7. The number of hydrogen-bond acceptors (Lipinski definition) is 6. The summed E-state index contributed by atoms with van der Waals surface area (Å²) in [5, 5.41) is 0. The van der Waals surface area contributed by atoms with Crippen LogP contribution >= 0.6 is 0 Å². The fraction of sp³-hybridized carbons (Fsp3) is 0.920. The summed E-state index contributed by atoms with van der Waals surface area (Å²) >= 11 is 0. The Morgan fingerprint density at radius 3 is 1.90 bits per heavy atom. The molecule has 0 heterocycles. The van der Waals surface area contributed by atoms with Gasteiger partial charge in [-0.25, -0.2) is 9.59 Å². The standard InChI is InChI=1S/C25H44O6/c1-20(2)13-8-5-3-4-6-11-18-28-24(26)30-22-16-12-17-23(19-22)31-25(27)29-21-14-9-7-10-15-21/h20-23H,3-19H2,1-2H3. The molecule has 31 heavy (non-hydrogen) atoms. The topological polar surface area (TPSA) is 71.1 Å². The molecule has 2 aliphatic carbocycles. The Bertz CT molecular complexity index is 500. The van der Waals surface area contributed by atoms with E-state index >= 15 is 0 Å². The molecule has 180 valence electrons. The van der Waals surface area contributed by atoms with Crippen LogP contribution in [0.2, 0.25) is 0 Å². The quantitative estimate of drug-likeness (QED) is 0.234. The minimum absolute atomic E-state index is 0.00750. The van der Waals surface area contributed by atoms with Crippen molar-refractivity contribution in [1.82, 2.24) is 0 Å². The molecule has 2 aliphatic rings. The first kappa shape index (κ1) is 25.8. The van der Waals surface area contributed by atoms with Crippen molar-refractivity contribution in [2.45, 2.75) is 135 Å². The summed E-state index contributed by atoms with van der Waals surface area (Å²) < 4.78 is 21.6. The summed E-state index contributed by atoms with van der Waals surface area (Å²) in [6.45, 7) is 4.94. The molecule has 0 aromatic rings. The van der Waals surface area contributed by atoms with Gasteiger partial charge in [-0.05, 0) is 57.3 Å². The summed E-state index contributed by atoms with van der Waals surface area (Å²) in [6.07, 6.45) is 14.8. The van der Waals surface area contributed by atoms with Crippen LogP contribution in [0, 0.1) is 5.92 Å². The average Bonchev–Trinajstić information content (AvgIpc) is 2.73. The molecular weight excluding hydrogens is 396 g/mol. The monoisotopic (exact) mass is 440 g/mol. The van der Waals surface area contributed by atoms with Crippen molar-refractivity contribution in [2.75, 3.05) is 6.61 Å². The van der Waals surface area contributed by atoms with Crippen LogP contribution in [0.5, 0.6) is 0 Å². The smallest absolute Gasteiger partial charge is 0.434 e. The molecule has 0 N–H and O–H groups in total. The normalized spacial score (nSPS) is 22.2. The first-order chi connectivity index (χ1) is 15.0. The van der Waals surface area contributed by atoms with E-state index in [0.717, 1.165) is 63.7 Å². The lowest BCUT2D eigenvalue weighted by atomic mass is 9.95. The largest absolute Gasteiger partial charge is 0.508 e. The summed E-state index contributed by atoms with van der Waals surface area (Å²) in [5.41, 5.74) is 0. The molecule has 0 aromatic carbocycles. The highest BCUT2D eigenvalue weighted by molar-refractivity contribution is 5.61. The molecule has 6 heteroatoms. The Morgan fingerprint density at radius 1 is 0.677 bits per heavy atom. The maximum absolute atomic E-state index is 12.0. The number of ether oxygens (including phenoxy) is 4. The van der Waals surface area contributed by atoms with E-state index in [-0.39, 0.29) is 18.3 Å². The van der Waals surface area contributed by atoms with Crippen LogP contribution in [0.25, 0.3) is 0 Å². The highest BCUT2D eigenvalue weighted by Gasteiger charge is 2.29. The van der Waals surface area contributed by atoms with E-state index in [1.54, 1.807) is 0 Å². The summed E-state index contributed by atoms with van der Waals surface area (Å²) in [5.74, 6) is 0.792. The Morgan fingerprint density at radius 2 is 1.23 bits per heavy atom. The minimum Gasteiger partial charge on any atom is -0.434 e. The fourth-order valence-electron chi connectivity index (χ4n) is 4.49. The molecule has 0 aliphatic heterocycles. The van der Waals surface area contributed by atoms with Gasteiger partial charge in [-0.15, -0.1) is 0 Å². The lowest BCUT2D eigenvalue weighted by molar-refractivity contribution is -0.0467. The van der Waals surface area contributed by atoms with E-state index in [0.29, 0.717) is 13.0 Å². The summed E-state index contributed by atoms with van der Waals surface area (Å²) in [7, 11) is 0. The highest BCUT2D eigenvalue weighted by Crippen LogP contribution is 2.26. The zero-order chi connectivity index (χ0) is 22.3. The molecule has 0 radical (unpaired) electrons. The van der Waals surface area contributed by atoms with E-state index in [2.05, 4.69) is 13.8 Å². The van der Waals surface area contributed by atoms with Gasteiger partial charge in [-0.2, -0.15) is 0 Å². The van der Waals surface area contributed by atoms with Crippen molar-refractivity contribution in [3.05, 3.63) is 0 Å². The Balaban J connectivity index is 1.50. The van der Waals surface area contributed by atoms with Gasteiger partial charge in [-0.1, -0.05) is 58.8 Å². The van der Waals surface area contributed by atoms with Crippen molar-refractivity contribution in [1.29, 1.82) is 0 Å². The summed E-state index contributed by atoms with van der Waals surface area (Å²) in [4.78, 5) is 24.0. The molecule has 2 unspecified atom stereocenters. The predicted molar refractivity (Wildman–Crippen MR) is 120 cm³/mol.